The lowest BCUT2D eigenvalue weighted by molar-refractivity contribution is 0.603. The van der Waals surface area contributed by atoms with Crippen LogP contribution in [-0.2, 0) is 15.9 Å². The number of anilines is 1. The van der Waals surface area contributed by atoms with Gasteiger partial charge in [-0.05, 0) is 29.1 Å². The largest absolute Gasteiger partial charge is 0.279 e. The molecular weight excluding hydrogens is 278 g/mol. The third-order valence-corrected chi connectivity index (χ3v) is 5.18. The Labute approximate surface area is 109 Å². The Balaban J connectivity index is 2.26. The smallest absolute Gasteiger partial charge is 0.271 e. The molecule has 0 unspecified atom stereocenters. The second kappa shape index (κ2) is 5.08. The molecule has 1 heterocycles. The fraction of sp³-hybridized carbons (Fsp3) is 0.0909. The number of benzene rings is 1. The Kier molecular flexibility index (Phi) is 3.71. The van der Waals surface area contributed by atoms with Gasteiger partial charge in [0.25, 0.3) is 10.0 Å². The summed E-state index contributed by atoms with van der Waals surface area (Å²) in [7, 11) is -3.47. The van der Waals surface area contributed by atoms with Gasteiger partial charge in [0.1, 0.15) is 4.21 Å². The molecule has 0 spiro atoms. The molecule has 0 aliphatic heterocycles. The fourth-order valence-corrected chi connectivity index (χ4v) is 3.55. The number of thiophene rings is 1. The van der Waals surface area contributed by atoms with Crippen LogP contribution in [0.25, 0.3) is 0 Å². The van der Waals surface area contributed by atoms with E-state index in [0.717, 1.165) is 5.56 Å². The summed E-state index contributed by atoms with van der Waals surface area (Å²) in [5.74, 6) is 0.356. The lowest BCUT2D eigenvalue weighted by Crippen LogP contribution is -2.11. The third kappa shape index (κ3) is 3.00. The molecule has 1 aromatic carbocycles. The maximum Gasteiger partial charge on any atom is 0.271 e. The van der Waals surface area contributed by atoms with E-state index in [4.69, 9.17) is 11.6 Å². The van der Waals surface area contributed by atoms with Crippen molar-refractivity contribution in [2.45, 2.75) is 10.1 Å². The highest BCUT2D eigenvalue weighted by atomic mass is 35.5. The second-order valence-electron chi connectivity index (χ2n) is 3.37. The number of hydrogen-bond acceptors (Lipinski definition) is 3. The maximum absolute atomic E-state index is 11.9. The molecule has 0 bridgehead atoms. The Morgan fingerprint density at radius 3 is 2.71 bits per heavy atom. The number of nitrogens with one attached hydrogen (secondary N) is 1. The van der Waals surface area contributed by atoms with Crippen LogP contribution in [0.4, 0.5) is 5.69 Å². The van der Waals surface area contributed by atoms with Gasteiger partial charge >= 0.3 is 0 Å². The molecule has 0 radical (unpaired) electrons. The van der Waals surface area contributed by atoms with Gasteiger partial charge in [-0.1, -0.05) is 18.2 Å². The number of sulfonamides is 1. The molecule has 2 aromatic rings. The topological polar surface area (TPSA) is 46.2 Å². The Morgan fingerprint density at radius 1 is 1.24 bits per heavy atom. The van der Waals surface area contributed by atoms with Gasteiger partial charge in [0, 0.05) is 11.6 Å². The van der Waals surface area contributed by atoms with Gasteiger partial charge in [-0.2, -0.15) is 0 Å². The molecule has 2 rings (SSSR count). The Morgan fingerprint density at radius 2 is 2.06 bits per heavy atom. The first kappa shape index (κ1) is 12.4. The average molecular weight is 288 g/mol. The fourth-order valence-electron chi connectivity index (χ4n) is 1.34. The van der Waals surface area contributed by atoms with E-state index in [9.17, 15) is 8.42 Å². The van der Waals surface area contributed by atoms with Crippen molar-refractivity contribution in [2.75, 3.05) is 4.72 Å². The lowest BCUT2D eigenvalue weighted by Gasteiger charge is -2.07. The Bertz CT molecular complexity index is 594. The summed E-state index contributed by atoms with van der Waals surface area (Å²) < 4.78 is 26.7. The molecule has 1 N–H and O–H groups in total. The number of rotatable bonds is 4. The van der Waals surface area contributed by atoms with Crippen molar-refractivity contribution >= 4 is 38.6 Å². The molecule has 0 saturated heterocycles. The van der Waals surface area contributed by atoms with Crippen LogP contribution in [0.1, 0.15) is 5.56 Å². The maximum atomic E-state index is 11.9. The van der Waals surface area contributed by atoms with Gasteiger partial charge in [0.15, 0.2) is 0 Å². The van der Waals surface area contributed by atoms with Crippen LogP contribution in [0.5, 0.6) is 0 Å². The van der Waals surface area contributed by atoms with Gasteiger partial charge < -0.3 is 0 Å². The molecule has 0 saturated carbocycles. The van der Waals surface area contributed by atoms with E-state index in [2.05, 4.69) is 4.72 Å². The monoisotopic (exact) mass is 287 g/mol. The van der Waals surface area contributed by atoms with Crippen LogP contribution in [0.15, 0.2) is 46.0 Å². The van der Waals surface area contributed by atoms with E-state index in [0.29, 0.717) is 15.8 Å². The summed E-state index contributed by atoms with van der Waals surface area (Å²) in [6, 6.07) is 10.3. The molecule has 0 amide bonds. The van der Waals surface area contributed by atoms with E-state index < -0.39 is 10.0 Å². The zero-order valence-electron chi connectivity index (χ0n) is 8.76. The van der Waals surface area contributed by atoms with Crippen LogP contribution in [-0.4, -0.2) is 8.42 Å². The summed E-state index contributed by atoms with van der Waals surface area (Å²) in [5, 5.41) is 1.73. The first-order valence-corrected chi connectivity index (χ1v) is 7.73. The molecule has 0 fully saturated rings. The minimum atomic E-state index is -3.47. The van der Waals surface area contributed by atoms with E-state index in [1.807, 2.05) is 6.07 Å². The number of halogens is 1. The molecule has 90 valence electrons. The van der Waals surface area contributed by atoms with E-state index in [1.165, 1.54) is 11.3 Å². The lowest BCUT2D eigenvalue weighted by atomic mass is 10.2. The van der Waals surface area contributed by atoms with Crippen LogP contribution in [0, 0.1) is 0 Å². The first-order valence-electron chi connectivity index (χ1n) is 4.83. The summed E-state index contributed by atoms with van der Waals surface area (Å²) in [4.78, 5) is 0. The molecule has 1 aromatic heterocycles. The van der Waals surface area contributed by atoms with Crippen molar-refractivity contribution in [3.05, 3.63) is 47.3 Å². The highest BCUT2D eigenvalue weighted by Crippen LogP contribution is 2.21. The van der Waals surface area contributed by atoms with Crippen molar-refractivity contribution in [3.63, 3.8) is 0 Å². The van der Waals surface area contributed by atoms with Crippen molar-refractivity contribution in [2.24, 2.45) is 0 Å². The molecular formula is C11H10ClNO2S2. The normalized spacial score (nSPS) is 11.4. The SMILES string of the molecule is O=S(=O)(Nc1cccc(CCl)c1)c1cccs1. The summed E-state index contributed by atoms with van der Waals surface area (Å²) in [6.07, 6.45) is 0. The van der Waals surface area contributed by atoms with Gasteiger partial charge in [-0.15, -0.1) is 22.9 Å². The third-order valence-electron chi connectivity index (χ3n) is 2.09. The predicted octanol–water partition coefficient (Wildman–Crippen LogP) is 3.29. The van der Waals surface area contributed by atoms with Gasteiger partial charge in [-0.25, -0.2) is 8.42 Å². The molecule has 6 heteroatoms. The summed E-state index contributed by atoms with van der Waals surface area (Å²) in [5.41, 5.74) is 1.40. The minimum absolute atomic E-state index is 0.300. The highest BCUT2D eigenvalue weighted by molar-refractivity contribution is 7.94. The van der Waals surface area contributed by atoms with Crippen LogP contribution in [0.3, 0.4) is 0 Å². The van der Waals surface area contributed by atoms with Crippen LogP contribution >= 0.6 is 22.9 Å². The number of hydrogen-bond donors (Lipinski definition) is 1. The van der Waals surface area contributed by atoms with Crippen molar-refractivity contribution in [1.29, 1.82) is 0 Å². The average Bonchev–Trinajstić information content (AvgIpc) is 2.83. The standard InChI is InChI=1S/C11H10ClNO2S2/c12-8-9-3-1-4-10(7-9)13-17(14,15)11-5-2-6-16-11/h1-7,13H,8H2. The van der Waals surface area contributed by atoms with Gasteiger partial charge in [0.2, 0.25) is 0 Å². The summed E-state index contributed by atoms with van der Waals surface area (Å²) >= 11 is 6.88. The zero-order valence-corrected chi connectivity index (χ0v) is 11.1. The zero-order chi connectivity index (χ0) is 12.3. The van der Waals surface area contributed by atoms with E-state index >= 15 is 0 Å². The predicted molar refractivity (Wildman–Crippen MR) is 71.1 cm³/mol. The molecule has 3 nitrogen and oxygen atoms in total. The molecule has 0 aliphatic carbocycles. The quantitative estimate of drug-likeness (QED) is 0.877. The van der Waals surface area contributed by atoms with Crippen molar-refractivity contribution in [3.8, 4) is 0 Å². The highest BCUT2D eigenvalue weighted by Gasteiger charge is 2.14. The van der Waals surface area contributed by atoms with Crippen molar-refractivity contribution in [1.82, 2.24) is 0 Å². The Hall–Kier alpha value is -1.04. The minimum Gasteiger partial charge on any atom is -0.279 e. The summed E-state index contributed by atoms with van der Waals surface area (Å²) in [6.45, 7) is 0. The molecule has 17 heavy (non-hydrogen) atoms. The van der Waals surface area contributed by atoms with Gasteiger partial charge in [-0.3, -0.25) is 4.72 Å². The first-order chi connectivity index (χ1) is 8.12. The molecule has 0 aliphatic rings. The van der Waals surface area contributed by atoms with Gasteiger partial charge in [0.05, 0.1) is 0 Å². The number of alkyl halides is 1. The van der Waals surface area contributed by atoms with E-state index in [1.54, 1.807) is 35.7 Å². The van der Waals surface area contributed by atoms with Crippen molar-refractivity contribution < 1.29 is 8.42 Å². The van der Waals surface area contributed by atoms with E-state index in [-0.39, 0.29) is 0 Å². The second-order valence-corrected chi connectivity index (χ2v) is 6.50. The molecule has 0 atom stereocenters. The van der Waals surface area contributed by atoms with Crippen LogP contribution in [0.2, 0.25) is 0 Å². The van der Waals surface area contributed by atoms with Crippen LogP contribution < -0.4 is 4.72 Å².